The molecule has 0 radical (unpaired) electrons. The minimum Gasteiger partial charge on any atom is -0.497 e. The maximum Gasteiger partial charge on any atom is 0.309 e. The van der Waals surface area contributed by atoms with Crippen LogP contribution in [0.15, 0.2) is 72.8 Å². The van der Waals surface area contributed by atoms with E-state index in [1.807, 2.05) is 77.7 Å². The molecule has 1 fully saturated rings. The number of benzene rings is 3. The number of aliphatic carboxylic acids is 1. The molecule has 5 rings (SSSR count). The first-order valence-electron chi connectivity index (χ1n) is 13.3. The van der Waals surface area contributed by atoms with Gasteiger partial charge in [0.15, 0.2) is 11.5 Å². The summed E-state index contributed by atoms with van der Waals surface area (Å²) in [6, 6.07) is 22.3. The molecule has 0 spiro atoms. The molecule has 0 aliphatic carbocycles. The highest BCUT2D eigenvalue weighted by molar-refractivity contribution is 5.79. The Morgan fingerprint density at radius 3 is 2.44 bits per heavy atom. The second kappa shape index (κ2) is 11.8. The lowest BCUT2D eigenvalue weighted by Gasteiger charge is -2.28. The van der Waals surface area contributed by atoms with Crippen LogP contribution in [0.1, 0.15) is 54.5 Å². The Kier molecular flexibility index (Phi) is 8.02. The lowest BCUT2D eigenvalue weighted by molar-refractivity contribution is -0.143. The Morgan fingerprint density at radius 1 is 1.03 bits per heavy atom. The Balaban J connectivity index is 1.45. The lowest BCUT2D eigenvalue weighted by atomic mass is 9.82. The van der Waals surface area contributed by atoms with E-state index in [2.05, 4.69) is 12.2 Å². The molecule has 8 nitrogen and oxygen atoms in total. The number of fused-ring (bicyclic) bond motifs is 1. The molecule has 39 heavy (non-hydrogen) atoms. The van der Waals surface area contributed by atoms with Crippen LogP contribution in [-0.4, -0.2) is 48.9 Å². The van der Waals surface area contributed by atoms with Gasteiger partial charge in [-0.1, -0.05) is 61.9 Å². The maximum atomic E-state index is 13.5. The molecule has 1 saturated heterocycles. The number of carboxylic acids is 1. The van der Waals surface area contributed by atoms with E-state index in [-0.39, 0.29) is 31.2 Å². The number of methoxy groups -OCH3 is 1. The summed E-state index contributed by atoms with van der Waals surface area (Å²) in [5.74, 6) is -0.218. The highest BCUT2D eigenvalue weighted by Crippen LogP contribution is 2.47. The summed E-state index contributed by atoms with van der Waals surface area (Å²) in [4.78, 5) is 28.2. The summed E-state index contributed by atoms with van der Waals surface area (Å²) in [6.45, 7) is 2.72. The van der Waals surface area contributed by atoms with Gasteiger partial charge < -0.3 is 24.6 Å². The van der Waals surface area contributed by atoms with Crippen LogP contribution in [-0.2, 0) is 9.59 Å². The van der Waals surface area contributed by atoms with Gasteiger partial charge in [-0.15, -0.1) is 0 Å². The number of hydrogen-bond donors (Lipinski definition) is 2. The molecule has 3 aromatic rings. The van der Waals surface area contributed by atoms with Crippen LogP contribution in [0.3, 0.4) is 0 Å². The SMILES string of the molecule is CCCC(NC(=O)CN1C[C@@H](c2ccc3c(c2)OCO3)[C@H](C(=O)O)[C@H]1c1ccc(OC)cc1)c1ccccc1. The van der Waals surface area contributed by atoms with Gasteiger partial charge in [0.25, 0.3) is 0 Å². The van der Waals surface area contributed by atoms with Crippen molar-refractivity contribution in [3.8, 4) is 17.2 Å². The molecule has 1 unspecified atom stereocenters. The molecule has 0 saturated carbocycles. The Labute approximate surface area is 228 Å². The third-order valence-corrected chi connectivity index (χ3v) is 7.63. The average molecular weight is 531 g/mol. The smallest absolute Gasteiger partial charge is 0.309 e. The zero-order chi connectivity index (χ0) is 27.4. The zero-order valence-corrected chi connectivity index (χ0v) is 22.2. The van der Waals surface area contributed by atoms with E-state index in [1.54, 1.807) is 7.11 Å². The van der Waals surface area contributed by atoms with E-state index in [9.17, 15) is 14.7 Å². The molecular weight excluding hydrogens is 496 g/mol. The molecule has 2 aliphatic rings. The number of carboxylic acid groups (broad SMARTS) is 1. The van der Waals surface area contributed by atoms with Crippen molar-refractivity contribution in [2.24, 2.45) is 5.92 Å². The molecule has 0 aromatic heterocycles. The van der Waals surface area contributed by atoms with Crippen molar-refractivity contribution in [3.63, 3.8) is 0 Å². The van der Waals surface area contributed by atoms with Crippen molar-refractivity contribution in [3.05, 3.63) is 89.5 Å². The summed E-state index contributed by atoms with van der Waals surface area (Å²) in [5, 5.41) is 13.7. The first-order valence-corrected chi connectivity index (χ1v) is 13.3. The van der Waals surface area contributed by atoms with Gasteiger partial charge in [-0.3, -0.25) is 14.5 Å². The van der Waals surface area contributed by atoms with Crippen LogP contribution in [0.2, 0.25) is 0 Å². The molecule has 1 amide bonds. The van der Waals surface area contributed by atoms with Gasteiger partial charge in [0.05, 0.1) is 25.6 Å². The molecule has 4 atom stereocenters. The summed E-state index contributed by atoms with van der Waals surface area (Å²) in [7, 11) is 1.59. The predicted octanol–water partition coefficient (Wildman–Crippen LogP) is 4.92. The highest BCUT2D eigenvalue weighted by atomic mass is 16.7. The summed E-state index contributed by atoms with van der Waals surface area (Å²) < 4.78 is 16.3. The number of carbonyl (C=O) groups is 2. The van der Waals surface area contributed by atoms with Gasteiger partial charge >= 0.3 is 5.97 Å². The van der Waals surface area contributed by atoms with Gasteiger partial charge in [-0.05, 0) is 47.4 Å². The number of amides is 1. The van der Waals surface area contributed by atoms with E-state index >= 15 is 0 Å². The molecule has 3 aromatic carbocycles. The van der Waals surface area contributed by atoms with Gasteiger partial charge in [-0.2, -0.15) is 0 Å². The van der Waals surface area contributed by atoms with Crippen LogP contribution >= 0.6 is 0 Å². The van der Waals surface area contributed by atoms with Crippen LogP contribution in [0.25, 0.3) is 0 Å². The van der Waals surface area contributed by atoms with Crippen molar-refractivity contribution in [1.29, 1.82) is 0 Å². The zero-order valence-electron chi connectivity index (χ0n) is 22.2. The normalized spacial score (nSPS) is 20.9. The number of carbonyl (C=O) groups excluding carboxylic acids is 1. The van der Waals surface area contributed by atoms with E-state index < -0.39 is 17.9 Å². The molecule has 0 bridgehead atoms. The lowest BCUT2D eigenvalue weighted by Crippen LogP contribution is -2.39. The largest absolute Gasteiger partial charge is 0.497 e. The monoisotopic (exact) mass is 530 g/mol. The maximum absolute atomic E-state index is 13.5. The fourth-order valence-corrected chi connectivity index (χ4v) is 5.79. The Bertz CT molecular complexity index is 1300. The van der Waals surface area contributed by atoms with Crippen LogP contribution in [0.5, 0.6) is 17.2 Å². The number of rotatable bonds is 10. The van der Waals surface area contributed by atoms with E-state index in [0.29, 0.717) is 23.8 Å². The Hall–Kier alpha value is -4.04. The number of nitrogens with one attached hydrogen (secondary N) is 1. The molecule has 2 N–H and O–H groups in total. The number of likely N-dealkylation sites (tertiary alicyclic amines) is 1. The van der Waals surface area contributed by atoms with Crippen molar-refractivity contribution >= 4 is 11.9 Å². The number of ether oxygens (including phenoxy) is 3. The Morgan fingerprint density at radius 2 is 1.74 bits per heavy atom. The first kappa shape index (κ1) is 26.6. The topological polar surface area (TPSA) is 97.3 Å². The van der Waals surface area contributed by atoms with Crippen LogP contribution in [0, 0.1) is 5.92 Å². The predicted molar refractivity (Wildman–Crippen MR) is 146 cm³/mol. The van der Waals surface area contributed by atoms with Crippen LogP contribution in [0.4, 0.5) is 0 Å². The second-order valence-corrected chi connectivity index (χ2v) is 10.1. The van der Waals surface area contributed by atoms with Crippen molar-refractivity contribution in [2.75, 3.05) is 27.0 Å². The van der Waals surface area contributed by atoms with Gasteiger partial charge in [0.1, 0.15) is 5.75 Å². The summed E-state index contributed by atoms with van der Waals surface area (Å²) in [6.07, 6.45) is 1.74. The van der Waals surface area contributed by atoms with E-state index in [1.165, 1.54) is 0 Å². The first-order chi connectivity index (χ1) is 19.0. The molecule has 2 heterocycles. The van der Waals surface area contributed by atoms with E-state index in [0.717, 1.165) is 29.5 Å². The van der Waals surface area contributed by atoms with Crippen LogP contribution < -0.4 is 19.5 Å². The standard InChI is InChI=1S/C31H34N2O6/c1-3-7-25(20-8-5-4-6-9-20)32-28(34)18-33-17-24(22-12-15-26-27(16-22)39-19-38-26)29(31(35)36)30(33)21-10-13-23(37-2)14-11-21/h4-6,8-16,24-25,29-30H,3,7,17-19H2,1-2H3,(H,32,34)(H,35,36)/t24-,25?,29-,30+/m0/s1. The summed E-state index contributed by atoms with van der Waals surface area (Å²) >= 11 is 0. The fraction of sp³-hybridized carbons (Fsp3) is 0.355. The number of nitrogens with zero attached hydrogens (tertiary/aromatic N) is 1. The number of hydrogen-bond acceptors (Lipinski definition) is 6. The molecule has 204 valence electrons. The average Bonchev–Trinajstić information content (AvgIpc) is 3.58. The molecule has 2 aliphatic heterocycles. The van der Waals surface area contributed by atoms with Crippen molar-refractivity contribution in [1.82, 2.24) is 10.2 Å². The second-order valence-electron chi connectivity index (χ2n) is 10.1. The molecular formula is C31H34N2O6. The van der Waals surface area contributed by atoms with Crippen molar-refractivity contribution < 1.29 is 28.9 Å². The minimum atomic E-state index is -0.908. The highest BCUT2D eigenvalue weighted by Gasteiger charge is 2.48. The minimum absolute atomic E-state index is 0.0780. The van der Waals surface area contributed by atoms with E-state index in [4.69, 9.17) is 14.2 Å². The summed E-state index contributed by atoms with van der Waals surface area (Å²) in [5.41, 5.74) is 2.73. The molecule has 8 heteroatoms. The third-order valence-electron chi connectivity index (χ3n) is 7.63. The van der Waals surface area contributed by atoms with Gasteiger partial charge in [0.2, 0.25) is 12.7 Å². The van der Waals surface area contributed by atoms with Crippen molar-refractivity contribution in [2.45, 2.75) is 37.8 Å². The third kappa shape index (κ3) is 5.71. The fourth-order valence-electron chi connectivity index (χ4n) is 5.79. The quantitative estimate of drug-likeness (QED) is 0.384. The van der Waals surface area contributed by atoms with Gasteiger partial charge in [-0.25, -0.2) is 0 Å². The van der Waals surface area contributed by atoms with Gasteiger partial charge in [0, 0.05) is 18.5 Å².